The van der Waals surface area contributed by atoms with Gasteiger partial charge in [-0.1, -0.05) is 34.1 Å². The van der Waals surface area contributed by atoms with E-state index >= 15 is 0 Å². The fraction of sp³-hybridized carbons (Fsp3) is 0.160. The van der Waals surface area contributed by atoms with Crippen LogP contribution >= 0.6 is 15.9 Å². The smallest absolute Gasteiger partial charge is 0.296 e. The Hall–Kier alpha value is -3.45. The van der Waals surface area contributed by atoms with E-state index in [1.807, 2.05) is 44.2 Å². The molecule has 7 heteroatoms. The van der Waals surface area contributed by atoms with Crippen LogP contribution in [-0.4, -0.2) is 17.5 Å². The van der Waals surface area contributed by atoms with Gasteiger partial charge in [0.25, 0.3) is 5.91 Å². The number of hydrogen-bond acceptors (Lipinski definition) is 5. The second-order valence-electron chi connectivity index (χ2n) is 7.59. The van der Waals surface area contributed by atoms with Gasteiger partial charge in [-0.2, -0.15) is 0 Å². The molecule has 32 heavy (non-hydrogen) atoms. The standard InChI is InChI=1S/C25H19BrN2O4/c1-3-31-17-8-5-15(6-9-17)22-21-23(29)18-12-16(26)7-10-19(18)32-24(21)25(30)28(22)20-11-4-14(2)13-27-20/h4-13,22H,3H2,1-2H3. The molecule has 1 unspecified atom stereocenters. The lowest BCUT2D eigenvalue weighted by Gasteiger charge is -2.24. The third-order valence-electron chi connectivity index (χ3n) is 5.48. The normalized spacial score (nSPS) is 15.3. The summed E-state index contributed by atoms with van der Waals surface area (Å²) < 4.78 is 12.3. The number of benzene rings is 2. The van der Waals surface area contributed by atoms with E-state index in [-0.39, 0.29) is 11.2 Å². The highest BCUT2D eigenvalue weighted by atomic mass is 79.9. The summed E-state index contributed by atoms with van der Waals surface area (Å²) in [6.45, 7) is 4.39. The first-order valence-corrected chi connectivity index (χ1v) is 11.0. The van der Waals surface area contributed by atoms with Gasteiger partial charge in [0.05, 0.1) is 23.6 Å². The molecule has 0 fully saturated rings. The van der Waals surface area contributed by atoms with Crippen LogP contribution < -0.4 is 15.1 Å². The summed E-state index contributed by atoms with van der Waals surface area (Å²) in [5.74, 6) is 0.828. The van der Waals surface area contributed by atoms with Crippen molar-refractivity contribution in [3.8, 4) is 5.75 Å². The first-order valence-electron chi connectivity index (χ1n) is 10.2. The second-order valence-corrected chi connectivity index (χ2v) is 8.50. The molecule has 1 aliphatic heterocycles. The predicted octanol–water partition coefficient (Wildman–Crippen LogP) is 5.41. The molecule has 1 atom stereocenters. The molecule has 0 radical (unpaired) electrons. The first kappa shape index (κ1) is 20.5. The lowest BCUT2D eigenvalue weighted by atomic mass is 9.98. The average Bonchev–Trinajstić information content (AvgIpc) is 3.08. The van der Waals surface area contributed by atoms with Crippen LogP contribution in [0.1, 0.15) is 40.2 Å². The highest BCUT2D eigenvalue weighted by molar-refractivity contribution is 9.10. The molecular formula is C25H19BrN2O4. The average molecular weight is 491 g/mol. The third-order valence-corrected chi connectivity index (χ3v) is 5.97. The molecular weight excluding hydrogens is 472 g/mol. The third kappa shape index (κ3) is 3.29. The number of carbonyl (C=O) groups is 1. The zero-order chi connectivity index (χ0) is 22.4. The minimum atomic E-state index is -0.664. The number of fused-ring (bicyclic) bond motifs is 2. The van der Waals surface area contributed by atoms with Crippen molar-refractivity contribution in [1.29, 1.82) is 0 Å². The molecule has 4 aromatic rings. The summed E-state index contributed by atoms with van der Waals surface area (Å²) in [7, 11) is 0. The van der Waals surface area contributed by atoms with E-state index in [0.717, 1.165) is 21.3 Å². The summed E-state index contributed by atoms with van der Waals surface area (Å²) in [6.07, 6.45) is 1.70. The van der Waals surface area contributed by atoms with Crippen LogP contribution in [0.5, 0.6) is 5.75 Å². The Morgan fingerprint density at radius 2 is 1.88 bits per heavy atom. The zero-order valence-electron chi connectivity index (χ0n) is 17.5. The topological polar surface area (TPSA) is 72.6 Å². The number of aromatic nitrogens is 1. The largest absolute Gasteiger partial charge is 0.494 e. The SMILES string of the molecule is CCOc1ccc(C2c3c(oc4ccc(Br)cc4c3=O)C(=O)N2c2ccc(C)cn2)cc1. The Morgan fingerprint density at radius 1 is 1.09 bits per heavy atom. The molecule has 2 aromatic carbocycles. The molecule has 0 saturated carbocycles. The summed E-state index contributed by atoms with van der Waals surface area (Å²) >= 11 is 3.42. The number of pyridine rings is 1. The number of carbonyl (C=O) groups excluding carboxylic acids is 1. The number of aryl methyl sites for hydroxylation is 1. The number of amides is 1. The molecule has 0 bridgehead atoms. The van der Waals surface area contributed by atoms with Crippen molar-refractivity contribution in [2.45, 2.75) is 19.9 Å². The molecule has 0 N–H and O–H groups in total. The van der Waals surface area contributed by atoms with E-state index in [1.165, 1.54) is 4.90 Å². The summed E-state index contributed by atoms with van der Waals surface area (Å²) in [4.78, 5) is 33.1. The van der Waals surface area contributed by atoms with E-state index in [0.29, 0.717) is 29.0 Å². The van der Waals surface area contributed by atoms with E-state index in [9.17, 15) is 9.59 Å². The molecule has 0 spiro atoms. The van der Waals surface area contributed by atoms with Crippen LogP contribution in [0.4, 0.5) is 5.82 Å². The monoisotopic (exact) mass is 490 g/mol. The second kappa shape index (κ2) is 7.91. The van der Waals surface area contributed by atoms with Crippen molar-refractivity contribution in [1.82, 2.24) is 4.98 Å². The van der Waals surface area contributed by atoms with Gasteiger partial charge < -0.3 is 9.15 Å². The van der Waals surface area contributed by atoms with Gasteiger partial charge in [0.2, 0.25) is 5.76 Å². The van der Waals surface area contributed by atoms with Crippen LogP contribution in [0, 0.1) is 6.92 Å². The minimum absolute atomic E-state index is 0.0473. The zero-order valence-corrected chi connectivity index (χ0v) is 19.0. The predicted molar refractivity (Wildman–Crippen MR) is 125 cm³/mol. The summed E-state index contributed by atoms with van der Waals surface area (Å²) in [5.41, 5.74) is 2.19. The Kier molecular flexibility index (Phi) is 5.06. The number of rotatable bonds is 4. The molecule has 160 valence electrons. The maximum absolute atomic E-state index is 13.6. The lowest BCUT2D eigenvalue weighted by Crippen LogP contribution is -2.30. The molecule has 1 amide bonds. The van der Waals surface area contributed by atoms with Crippen molar-refractivity contribution in [2.75, 3.05) is 11.5 Å². The number of ether oxygens (including phenoxy) is 1. The van der Waals surface area contributed by atoms with Gasteiger partial charge in [0, 0.05) is 10.7 Å². The van der Waals surface area contributed by atoms with E-state index in [2.05, 4.69) is 20.9 Å². The molecule has 6 nitrogen and oxygen atoms in total. The Bertz CT molecular complexity index is 1390. The molecule has 0 saturated heterocycles. The number of nitrogens with zero attached hydrogens (tertiary/aromatic N) is 2. The Balaban J connectivity index is 1.76. The van der Waals surface area contributed by atoms with Gasteiger partial charge >= 0.3 is 0 Å². The quantitative estimate of drug-likeness (QED) is 0.382. The first-order chi connectivity index (χ1) is 15.5. The van der Waals surface area contributed by atoms with Crippen molar-refractivity contribution >= 4 is 38.6 Å². The van der Waals surface area contributed by atoms with Gasteiger partial charge in [-0.05, 0) is 61.4 Å². The van der Waals surface area contributed by atoms with Gasteiger partial charge in [0.1, 0.15) is 17.2 Å². The fourth-order valence-corrected chi connectivity index (χ4v) is 4.37. The van der Waals surface area contributed by atoms with Crippen molar-refractivity contribution in [3.63, 3.8) is 0 Å². The van der Waals surface area contributed by atoms with E-state index in [1.54, 1.807) is 30.5 Å². The molecule has 2 aromatic heterocycles. The lowest BCUT2D eigenvalue weighted by molar-refractivity contribution is 0.0970. The van der Waals surface area contributed by atoms with Crippen molar-refractivity contribution in [2.24, 2.45) is 0 Å². The highest BCUT2D eigenvalue weighted by Gasteiger charge is 2.44. The maximum atomic E-state index is 13.6. The Morgan fingerprint density at radius 3 is 2.56 bits per heavy atom. The number of hydrogen-bond donors (Lipinski definition) is 0. The Labute approximate surface area is 192 Å². The molecule has 0 aliphatic carbocycles. The maximum Gasteiger partial charge on any atom is 0.296 e. The number of anilines is 1. The van der Waals surface area contributed by atoms with Gasteiger partial charge in [-0.25, -0.2) is 4.98 Å². The van der Waals surface area contributed by atoms with Crippen LogP contribution in [-0.2, 0) is 0 Å². The van der Waals surface area contributed by atoms with Crippen LogP contribution in [0.2, 0.25) is 0 Å². The van der Waals surface area contributed by atoms with Crippen LogP contribution in [0.15, 0.2) is 74.5 Å². The van der Waals surface area contributed by atoms with Crippen molar-refractivity contribution in [3.05, 3.63) is 97.9 Å². The van der Waals surface area contributed by atoms with Crippen molar-refractivity contribution < 1.29 is 13.9 Å². The van der Waals surface area contributed by atoms with Gasteiger partial charge in [0.15, 0.2) is 5.43 Å². The molecule has 1 aliphatic rings. The summed E-state index contributed by atoms with van der Waals surface area (Å²) in [5, 5.41) is 0.417. The van der Waals surface area contributed by atoms with Gasteiger partial charge in [-0.3, -0.25) is 14.5 Å². The highest BCUT2D eigenvalue weighted by Crippen LogP contribution is 2.41. The van der Waals surface area contributed by atoms with Gasteiger partial charge in [-0.15, -0.1) is 0 Å². The fourth-order valence-electron chi connectivity index (χ4n) is 4.01. The molecule has 3 heterocycles. The number of halogens is 1. The summed E-state index contributed by atoms with van der Waals surface area (Å²) in [6, 6.07) is 15.6. The van der Waals surface area contributed by atoms with Crippen LogP contribution in [0.3, 0.4) is 0 Å². The minimum Gasteiger partial charge on any atom is -0.494 e. The van der Waals surface area contributed by atoms with E-state index in [4.69, 9.17) is 9.15 Å². The molecule has 5 rings (SSSR count). The van der Waals surface area contributed by atoms with Crippen LogP contribution in [0.25, 0.3) is 11.0 Å². The van der Waals surface area contributed by atoms with E-state index < -0.39 is 11.9 Å².